The second-order valence-electron chi connectivity index (χ2n) is 2.21. The zero-order valence-electron chi connectivity index (χ0n) is 7.78. The van der Waals surface area contributed by atoms with Crippen LogP contribution in [0.1, 0.15) is 21.7 Å². The van der Waals surface area contributed by atoms with Gasteiger partial charge in [-0.3, -0.25) is 0 Å². The Hall–Kier alpha value is 0.880. The van der Waals surface area contributed by atoms with Crippen LogP contribution in [-0.4, -0.2) is 33.6 Å². The Morgan fingerprint density at radius 3 is 1.80 bits per heavy atom. The van der Waals surface area contributed by atoms with Crippen molar-refractivity contribution in [2.75, 3.05) is 0 Å². The first-order chi connectivity index (χ1) is 4.09. The summed E-state index contributed by atoms with van der Waals surface area (Å²) in [6.45, 7) is 3.19. The molecule has 0 saturated carbocycles. The molecule has 0 saturated heterocycles. The molecule has 0 aromatic heterocycles. The SMILES string of the molecule is CCC(O)C(O)C(C)O.[H-].[Na+]. The van der Waals surface area contributed by atoms with Gasteiger partial charge >= 0.3 is 29.6 Å². The van der Waals surface area contributed by atoms with Gasteiger partial charge in [0.2, 0.25) is 0 Å². The average Bonchev–Trinajstić information content (AvgIpc) is 1.84. The van der Waals surface area contributed by atoms with Crippen LogP contribution in [0.5, 0.6) is 0 Å². The van der Waals surface area contributed by atoms with Crippen molar-refractivity contribution in [3.05, 3.63) is 0 Å². The van der Waals surface area contributed by atoms with Gasteiger partial charge in [-0.25, -0.2) is 0 Å². The van der Waals surface area contributed by atoms with Gasteiger partial charge in [-0.1, -0.05) is 6.92 Å². The molecule has 0 rings (SSSR count). The van der Waals surface area contributed by atoms with Crippen molar-refractivity contribution in [1.82, 2.24) is 0 Å². The van der Waals surface area contributed by atoms with E-state index < -0.39 is 18.3 Å². The van der Waals surface area contributed by atoms with E-state index in [0.29, 0.717) is 6.42 Å². The quantitative estimate of drug-likeness (QED) is 0.375. The van der Waals surface area contributed by atoms with Gasteiger partial charge in [0, 0.05) is 0 Å². The summed E-state index contributed by atoms with van der Waals surface area (Å²) in [6, 6.07) is 0. The molecule has 0 bridgehead atoms. The van der Waals surface area contributed by atoms with Gasteiger partial charge in [-0.15, -0.1) is 0 Å². The maximum Gasteiger partial charge on any atom is 1.00 e. The molecule has 0 radical (unpaired) electrons. The van der Waals surface area contributed by atoms with Gasteiger partial charge < -0.3 is 16.7 Å². The molecule has 3 N–H and O–H groups in total. The van der Waals surface area contributed by atoms with Crippen molar-refractivity contribution in [3.8, 4) is 0 Å². The van der Waals surface area contributed by atoms with E-state index in [1.165, 1.54) is 6.92 Å². The zero-order chi connectivity index (χ0) is 7.44. The van der Waals surface area contributed by atoms with Crippen LogP contribution in [0.25, 0.3) is 0 Å². The molecule has 0 amide bonds. The first kappa shape index (κ1) is 13.5. The van der Waals surface area contributed by atoms with Crippen molar-refractivity contribution in [2.45, 2.75) is 38.6 Å². The van der Waals surface area contributed by atoms with Crippen molar-refractivity contribution < 1.29 is 46.3 Å². The topological polar surface area (TPSA) is 60.7 Å². The molecule has 58 valence electrons. The summed E-state index contributed by atoms with van der Waals surface area (Å²) < 4.78 is 0. The van der Waals surface area contributed by atoms with Gasteiger partial charge in [-0.05, 0) is 13.3 Å². The van der Waals surface area contributed by atoms with Crippen LogP contribution in [-0.2, 0) is 0 Å². The maximum atomic E-state index is 8.89. The molecular formula is C6H15NaO3. The number of aliphatic hydroxyl groups excluding tert-OH is 3. The van der Waals surface area contributed by atoms with E-state index in [0.717, 1.165) is 0 Å². The van der Waals surface area contributed by atoms with E-state index in [4.69, 9.17) is 15.3 Å². The van der Waals surface area contributed by atoms with E-state index in [2.05, 4.69) is 0 Å². The van der Waals surface area contributed by atoms with Crippen molar-refractivity contribution in [2.24, 2.45) is 0 Å². The van der Waals surface area contributed by atoms with E-state index >= 15 is 0 Å². The molecular weight excluding hydrogens is 143 g/mol. The molecule has 0 aromatic rings. The third-order valence-electron chi connectivity index (χ3n) is 1.31. The summed E-state index contributed by atoms with van der Waals surface area (Å²) in [5.41, 5.74) is 0. The smallest absolute Gasteiger partial charge is 1.00 e. The molecule has 0 heterocycles. The van der Waals surface area contributed by atoms with Gasteiger partial charge in [0.1, 0.15) is 6.10 Å². The van der Waals surface area contributed by atoms with E-state index in [-0.39, 0.29) is 31.0 Å². The molecule has 0 aliphatic carbocycles. The largest absolute Gasteiger partial charge is 1.00 e. The summed E-state index contributed by atoms with van der Waals surface area (Å²) in [5.74, 6) is 0. The average molecular weight is 158 g/mol. The minimum absolute atomic E-state index is 0. The normalized spacial score (nSPS) is 18.9. The Labute approximate surface area is 84.8 Å². The molecule has 0 fully saturated rings. The molecule has 0 aliphatic heterocycles. The first-order valence-electron chi connectivity index (χ1n) is 3.13. The van der Waals surface area contributed by atoms with E-state index in [1.807, 2.05) is 0 Å². The Morgan fingerprint density at radius 1 is 1.30 bits per heavy atom. The summed E-state index contributed by atoms with van der Waals surface area (Å²) in [5, 5.41) is 26.5. The fourth-order valence-electron chi connectivity index (χ4n) is 0.563. The minimum atomic E-state index is -1.00. The second-order valence-corrected chi connectivity index (χ2v) is 2.21. The Balaban J connectivity index is -0.000000320. The van der Waals surface area contributed by atoms with Crippen molar-refractivity contribution >= 4 is 0 Å². The first-order valence-corrected chi connectivity index (χ1v) is 3.13. The maximum absolute atomic E-state index is 8.89. The van der Waals surface area contributed by atoms with E-state index in [1.54, 1.807) is 6.92 Å². The zero-order valence-corrected chi connectivity index (χ0v) is 8.78. The Morgan fingerprint density at radius 2 is 1.70 bits per heavy atom. The van der Waals surface area contributed by atoms with Crippen LogP contribution in [0.3, 0.4) is 0 Å². The van der Waals surface area contributed by atoms with Crippen LogP contribution in [0.15, 0.2) is 0 Å². The third-order valence-corrected chi connectivity index (χ3v) is 1.31. The standard InChI is InChI=1S/C6H14O3.Na.H/c1-3-5(8)6(9)4(2)7;;/h4-9H,3H2,1-2H3;;/q;+1;-1. The van der Waals surface area contributed by atoms with Crippen molar-refractivity contribution in [1.29, 1.82) is 0 Å². The molecule has 3 atom stereocenters. The van der Waals surface area contributed by atoms with Crippen LogP contribution in [0, 0.1) is 0 Å². The van der Waals surface area contributed by atoms with Gasteiger partial charge in [0.25, 0.3) is 0 Å². The summed E-state index contributed by atoms with van der Waals surface area (Å²) in [4.78, 5) is 0. The van der Waals surface area contributed by atoms with Crippen LogP contribution in [0.4, 0.5) is 0 Å². The number of hydrogen-bond acceptors (Lipinski definition) is 3. The van der Waals surface area contributed by atoms with Crippen LogP contribution < -0.4 is 29.6 Å². The minimum Gasteiger partial charge on any atom is -1.00 e. The summed E-state index contributed by atoms with van der Waals surface area (Å²) in [6.07, 6.45) is -2.19. The van der Waals surface area contributed by atoms with Gasteiger partial charge in [0.05, 0.1) is 12.2 Å². The second kappa shape index (κ2) is 6.58. The third kappa shape index (κ3) is 4.66. The molecule has 4 heteroatoms. The van der Waals surface area contributed by atoms with Crippen molar-refractivity contribution in [3.63, 3.8) is 0 Å². The van der Waals surface area contributed by atoms with E-state index in [9.17, 15) is 0 Å². The molecule has 10 heavy (non-hydrogen) atoms. The monoisotopic (exact) mass is 158 g/mol. The molecule has 3 unspecified atom stereocenters. The Bertz CT molecular complexity index is 82.2. The van der Waals surface area contributed by atoms with Crippen LogP contribution >= 0.6 is 0 Å². The molecule has 3 nitrogen and oxygen atoms in total. The van der Waals surface area contributed by atoms with Gasteiger partial charge in [-0.2, -0.15) is 0 Å². The molecule has 0 aliphatic rings. The number of hydrogen-bond donors (Lipinski definition) is 3. The Kier molecular flexibility index (Phi) is 8.86. The predicted octanol–water partition coefficient (Wildman–Crippen LogP) is -3.38. The summed E-state index contributed by atoms with van der Waals surface area (Å²) in [7, 11) is 0. The molecule has 0 spiro atoms. The predicted molar refractivity (Wildman–Crippen MR) is 35.1 cm³/mol. The summed E-state index contributed by atoms with van der Waals surface area (Å²) >= 11 is 0. The number of aliphatic hydroxyl groups is 3. The number of rotatable bonds is 3. The van der Waals surface area contributed by atoms with Gasteiger partial charge in [0.15, 0.2) is 0 Å². The van der Waals surface area contributed by atoms with Crippen LogP contribution in [0.2, 0.25) is 0 Å². The fourth-order valence-corrected chi connectivity index (χ4v) is 0.563. The fraction of sp³-hybridized carbons (Fsp3) is 1.00. The molecule has 0 aromatic carbocycles.